The third kappa shape index (κ3) is 4.12. The minimum absolute atomic E-state index is 0.168. The second-order valence-corrected chi connectivity index (χ2v) is 9.12. The first kappa shape index (κ1) is 22.0. The SMILES string of the molecule is CC(C)=CCn1c(N2CCNCC2)nc2c1c(=O)n(CC(=O)C(C)(C)C)c(=O)n2C. The van der Waals surface area contributed by atoms with Gasteiger partial charge in [0.1, 0.15) is 0 Å². The fourth-order valence-electron chi connectivity index (χ4n) is 3.43. The maximum atomic E-state index is 13.4. The monoisotopic (exact) mass is 416 g/mol. The summed E-state index contributed by atoms with van der Waals surface area (Å²) >= 11 is 0. The van der Waals surface area contributed by atoms with E-state index in [-0.39, 0.29) is 12.3 Å². The largest absolute Gasteiger partial charge is 0.340 e. The number of fused-ring (bicyclic) bond motifs is 1. The van der Waals surface area contributed by atoms with Crippen LogP contribution in [0.2, 0.25) is 0 Å². The van der Waals surface area contributed by atoms with Crippen LogP contribution in [0.3, 0.4) is 0 Å². The first-order valence-electron chi connectivity index (χ1n) is 10.3. The Kier molecular flexibility index (Phi) is 6.03. The molecule has 0 aliphatic carbocycles. The molecule has 0 radical (unpaired) electrons. The van der Waals surface area contributed by atoms with Crippen molar-refractivity contribution in [3.8, 4) is 0 Å². The summed E-state index contributed by atoms with van der Waals surface area (Å²) in [6.07, 6.45) is 2.03. The van der Waals surface area contributed by atoms with E-state index in [0.29, 0.717) is 23.7 Å². The number of allylic oxidation sites excluding steroid dienone is 2. The van der Waals surface area contributed by atoms with Crippen LogP contribution in [-0.2, 0) is 24.9 Å². The van der Waals surface area contributed by atoms with Crippen molar-refractivity contribution in [2.75, 3.05) is 31.1 Å². The average molecular weight is 417 g/mol. The number of rotatable bonds is 5. The molecule has 9 nitrogen and oxygen atoms in total. The van der Waals surface area contributed by atoms with Crippen molar-refractivity contribution >= 4 is 22.9 Å². The molecular weight excluding hydrogens is 384 g/mol. The molecule has 3 rings (SSSR count). The topological polar surface area (TPSA) is 94.2 Å². The summed E-state index contributed by atoms with van der Waals surface area (Å²) in [6.45, 7) is 12.8. The summed E-state index contributed by atoms with van der Waals surface area (Å²) in [5.74, 6) is 0.509. The van der Waals surface area contributed by atoms with Crippen molar-refractivity contribution in [3.63, 3.8) is 0 Å². The summed E-state index contributed by atoms with van der Waals surface area (Å²) in [5.41, 5.74) is 0.181. The first-order chi connectivity index (χ1) is 14.0. The number of hydrogen-bond donors (Lipinski definition) is 1. The number of carbonyl (C=O) groups is 1. The zero-order valence-corrected chi connectivity index (χ0v) is 18.8. The predicted molar refractivity (Wildman–Crippen MR) is 118 cm³/mol. The lowest BCUT2D eigenvalue weighted by Gasteiger charge is -2.28. The number of anilines is 1. The second kappa shape index (κ2) is 8.22. The summed E-state index contributed by atoms with van der Waals surface area (Å²) < 4.78 is 4.28. The Morgan fingerprint density at radius 2 is 1.77 bits per heavy atom. The highest BCUT2D eigenvalue weighted by Crippen LogP contribution is 2.21. The van der Waals surface area contributed by atoms with Gasteiger partial charge in [0.2, 0.25) is 5.95 Å². The van der Waals surface area contributed by atoms with Crippen molar-refractivity contribution in [1.82, 2.24) is 24.0 Å². The van der Waals surface area contributed by atoms with Crippen molar-refractivity contribution < 1.29 is 4.79 Å². The molecule has 0 amide bonds. The molecule has 30 heavy (non-hydrogen) atoms. The van der Waals surface area contributed by atoms with Crippen LogP contribution in [0.25, 0.3) is 11.2 Å². The maximum absolute atomic E-state index is 13.4. The van der Waals surface area contributed by atoms with Crippen molar-refractivity contribution in [1.29, 1.82) is 0 Å². The van der Waals surface area contributed by atoms with Gasteiger partial charge >= 0.3 is 5.69 Å². The van der Waals surface area contributed by atoms with E-state index in [1.54, 1.807) is 27.8 Å². The summed E-state index contributed by atoms with van der Waals surface area (Å²) in [4.78, 5) is 45.7. The highest BCUT2D eigenvalue weighted by atomic mass is 16.2. The van der Waals surface area contributed by atoms with Gasteiger partial charge in [0.25, 0.3) is 5.56 Å². The van der Waals surface area contributed by atoms with Gasteiger partial charge in [0.15, 0.2) is 16.9 Å². The third-order valence-corrected chi connectivity index (χ3v) is 5.43. The van der Waals surface area contributed by atoms with E-state index < -0.39 is 16.7 Å². The van der Waals surface area contributed by atoms with Crippen LogP contribution >= 0.6 is 0 Å². The lowest BCUT2D eigenvalue weighted by atomic mass is 9.91. The van der Waals surface area contributed by atoms with Gasteiger partial charge in [-0.1, -0.05) is 32.4 Å². The maximum Gasteiger partial charge on any atom is 0.332 e. The molecule has 1 fully saturated rings. The van der Waals surface area contributed by atoms with Gasteiger partial charge < -0.3 is 14.8 Å². The van der Waals surface area contributed by atoms with E-state index in [9.17, 15) is 14.4 Å². The van der Waals surface area contributed by atoms with Crippen molar-refractivity contribution in [3.05, 3.63) is 32.5 Å². The molecule has 0 bridgehead atoms. The number of aryl methyl sites for hydroxylation is 1. The van der Waals surface area contributed by atoms with Crippen LogP contribution in [0, 0.1) is 5.41 Å². The second-order valence-electron chi connectivity index (χ2n) is 9.12. The molecule has 164 valence electrons. The zero-order valence-electron chi connectivity index (χ0n) is 18.8. The Labute approximate surface area is 176 Å². The lowest BCUT2D eigenvalue weighted by molar-refractivity contribution is -0.127. The first-order valence-corrected chi connectivity index (χ1v) is 10.3. The van der Waals surface area contributed by atoms with Crippen LogP contribution < -0.4 is 21.5 Å². The van der Waals surface area contributed by atoms with Gasteiger partial charge in [-0.15, -0.1) is 0 Å². The summed E-state index contributed by atoms with van der Waals surface area (Å²) in [6, 6.07) is 0. The van der Waals surface area contributed by atoms with E-state index in [4.69, 9.17) is 4.98 Å². The predicted octanol–water partition coefficient (Wildman–Crippen LogP) is 0.888. The number of carbonyl (C=O) groups excluding carboxylic acids is 1. The molecule has 1 saturated heterocycles. The van der Waals surface area contributed by atoms with Crippen LogP contribution in [0.1, 0.15) is 34.6 Å². The Morgan fingerprint density at radius 3 is 2.33 bits per heavy atom. The molecular formula is C21H32N6O3. The van der Waals surface area contributed by atoms with E-state index in [2.05, 4.69) is 10.2 Å². The number of Topliss-reactive ketones (excluding diaryl/α,β-unsaturated/α-hetero) is 1. The van der Waals surface area contributed by atoms with Gasteiger partial charge in [-0.25, -0.2) is 4.79 Å². The van der Waals surface area contributed by atoms with E-state index in [0.717, 1.165) is 36.3 Å². The van der Waals surface area contributed by atoms with Crippen LogP contribution in [0.15, 0.2) is 21.2 Å². The summed E-state index contributed by atoms with van der Waals surface area (Å²) in [5, 5.41) is 3.32. The molecule has 0 aromatic carbocycles. The minimum Gasteiger partial charge on any atom is -0.340 e. The Balaban J connectivity index is 2.26. The lowest BCUT2D eigenvalue weighted by Crippen LogP contribution is -2.44. The van der Waals surface area contributed by atoms with Gasteiger partial charge in [0.05, 0.1) is 6.54 Å². The van der Waals surface area contributed by atoms with Crippen molar-refractivity contribution in [2.45, 2.75) is 47.7 Å². The number of hydrogen-bond acceptors (Lipinski definition) is 6. The number of nitrogens with one attached hydrogen (secondary N) is 1. The number of ketones is 1. The zero-order chi connectivity index (χ0) is 22.2. The molecule has 1 N–H and O–H groups in total. The Hall–Kier alpha value is -2.68. The van der Waals surface area contributed by atoms with E-state index in [1.807, 2.05) is 24.5 Å². The van der Waals surface area contributed by atoms with Crippen LogP contribution in [-0.4, -0.2) is 50.6 Å². The molecule has 1 aliphatic heterocycles. The van der Waals surface area contributed by atoms with Crippen LogP contribution in [0.5, 0.6) is 0 Å². The smallest absolute Gasteiger partial charge is 0.332 e. The van der Waals surface area contributed by atoms with Gasteiger partial charge in [-0.2, -0.15) is 4.98 Å². The molecule has 0 unspecified atom stereocenters. The average Bonchev–Trinajstić information content (AvgIpc) is 3.07. The third-order valence-electron chi connectivity index (χ3n) is 5.43. The van der Waals surface area contributed by atoms with E-state index >= 15 is 0 Å². The normalized spacial score (nSPS) is 14.9. The molecule has 2 aromatic rings. The quantitative estimate of drug-likeness (QED) is 0.728. The molecule has 0 spiro atoms. The Morgan fingerprint density at radius 1 is 1.13 bits per heavy atom. The number of piperazine rings is 1. The van der Waals surface area contributed by atoms with Gasteiger partial charge in [0, 0.05) is 45.2 Å². The molecule has 0 saturated carbocycles. The van der Waals surface area contributed by atoms with Gasteiger partial charge in [-0.3, -0.25) is 18.7 Å². The van der Waals surface area contributed by atoms with Crippen LogP contribution in [0.4, 0.5) is 5.95 Å². The molecule has 0 atom stereocenters. The minimum atomic E-state index is -0.645. The highest BCUT2D eigenvalue weighted by molar-refractivity contribution is 5.84. The van der Waals surface area contributed by atoms with Gasteiger partial charge in [-0.05, 0) is 13.8 Å². The molecule has 3 heterocycles. The molecule has 2 aromatic heterocycles. The fourth-order valence-corrected chi connectivity index (χ4v) is 3.43. The summed E-state index contributed by atoms with van der Waals surface area (Å²) in [7, 11) is 1.60. The number of nitrogens with zero attached hydrogens (tertiary/aromatic N) is 5. The van der Waals surface area contributed by atoms with E-state index in [1.165, 1.54) is 4.57 Å². The van der Waals surface area contributed by atoms with Crippen molar-refractivity contribution in [2.24, 2.45) is 12.5 Å². The Bertz CT molecular complexity index is 1100. The number of imidazole rings is 1. The number of aromatic nitrogens is 4. The fraction of sp³-hybridized carbons (Fsp3) is 0.619. The standard InChI is InChI=1S/C21H32N6O3/c1-14(2)7-10-26-16-17(23-19(26)25-11-8-22-9-12-25)24(6)20(30)27(18(16)29)13-15(28)21(3,4)5/h7,22H,8-13H2,1-6H3. The molecule has 1 aliphatic rings. The highest BCUT2D eigenvalue weighted by Gasteiger charge is 2.27. The molecule has 9 heteroatoms.